The Morgan fingerprint density at radius 1 is 1.00 bits per heavy atom. The number of fused-ring (bicyclic) bond motifs is 1. The van der Waals surface area contributed by atoms with Crippen LogP contribution in [-0.2, 0) is 6.54 Å². The molecule has 0 atom stereocenters. The lowest BCUT2D eigenvalue weighted by molar-refractivity contribution is 1.07. The van der Waals surface area contributed by atoms with Crippen molar-refractivity contribution in [3.05, 3.63) is 65.2 Å². The van der Waals surface area contributed by atoms with E-state index in [0.29, 0.717) is 11.6 Å². The molecule has 0 aliphatic carbocycles. The highest BCUT2D eigenvalue weighted by Gasteiger charge is 2.07. The zero-order valence-electron chi connectivity index (χ0n) is 10.3. The molecule has 1 aromatic heterocycles. The van der Waals surface area contributed by atoms with Gasteiger partial charge in [-0.25, -0.2) is 4.98 Å². The van der Waals surface area contributed by atoms with Crippen LogP contribution in [0.2, 0.25) is 5.02 Å². The molecular weight excluding hydrogens is 256 g/mol. The number of nitrogens with zero attached hydrogens (tertiary/aromatic N) is 1. The molecule has 0 saturated carbocycles. The van der Waals surface area contributed by atoms with Gasteiger partial charge in [0, 0.05) is 22.5 Å². The molecule has 2 N–H and O–H groups in total. The van der Waals surface area contributed by atoms with E-state index in [1.807, 2.05) is 48.5 Å². The SMILES string of the molecule is NCc1ccc(Cl)cc1-c1ccc2ccccc2n1. The molecule has 0 aliphatic rings. The van der Waals surface area contributed by atoms with Gasteiger partial charge in [0.15, 0.2) is 0 Å². The lowest BCUT2D eigenvalue weighted by atomic mass is 10.0. The van der Waals surface area contributed by atoms with Gasteiger partial charge in [-0.3, -0.25) is 0 Å². The van der Waals surface area contributed by atoms with Gasteiger partial charge in [-0.15, -0.1) is 0 Å². The van der Waals surface area contributed by atoms with Crippen LogP contribution in [0.4, 0.5) is 0 Å². The third-order valence-electron chi connectivity index (χ3n) is 3.17. The Morgan fingerprint density at radius 3 is 2.68 bits per heavy atom. The summed E-state index contributed by atoms with van der Waals surface area (Å²) in [6, 6.07) is 17.9. The molecule has 0 amide bonds. The smallest absolute Gasteiger partial charge is 0.0713 e. The first kappa shape index (κ1) is 12.2. The first-order valence-corrected chi connectivity index (χ1v) is 6.50. The number of rotatable bonds is 2. The van der Waals surface area contributed by atoms with Crippen LogP contribution >= 0.6 is 11.6 Å². The lowest BCUT2D eigenvalue weighted by Crippen LogP contribution is -1.99. The quantitative estimate of drug-likeness (QED) is 0.763. The molecule has 0 bridgehead atoms. The maximum atomic E-state index is 6.07. The normalized spacial score (nSPS) is 10.8. The highest BCUT2D eigenvalue weighted by Crippen LogP contribution is 2.27. The number of hydrogen-bond donors (Lipinski definition) is 1. The first-order valence-electron chi connectivity index (χ1n) is 6.12. The predicted molar refractivity (Wildman–Crippen MR) is 80.1 cm³/mol. The van der Waals surface area contributed by atoms with Crippen LogP contribution in [-0.4, -0.2) is 4.98 Å². The molecule has 0 spiro atoms. The van der Waals surface area contributed by atoms with Gasteiger partial charge in [0.1, 0.15) is 0 Å². The monoisotopic (exact) mass is 268 g/mol. The van der Waals surface area contributed by atoms with Crippen LogP contribution in [0.1, 0.15) is 5.56 Å². The van der Waals surface area contributed by atoms with E-state index in [9.17, 15) is 0 Å². The number of benzene rings is 2. The maximum Gasteiger partial charge on any atom is 0.0713 e. The molecule has 2 nitrogen and oxygen atoms in total. The molecule has 3 heteroatoms. The molecule has 0 radical (unpaired) electrons. The van der Waals surface area contributed by atoms with E-state index in [1.54, 1.807) is 0 Å². The van der Waals surface area contributed by atoms with Crippen molar-refractivity contribution in [3.63, 3.8) is 0 Å². The molecule has 0 unspecified atom stereocenters. The second kappa shape index (κ2) is 5.00. The van der Waals surface area contributed by atoms with E-state index in [-0.39, 0.29) is 0 Å². The van der Waals surface area contributed by atoms with Crippen molar-refractivity contribution in [3.8, 4) is 11.3 Å². The zero-order valence-corrected chi connectivity index (χ0v) is 11.1. The Bertz CT molecular complexity index is 738. The maximum absolute atomic E-state index is 6.07. The van der Waals surface area contributed by atoms with E-state index in [0.717, 1.165) is 27.7 Å². The summed E-state index contributed by atoms with van der Waals surface area (Å²) in [5.74, 6) is 0. The van der Waals surface area contributed by atoms with Gasteiger partial charge >= 0.3 is 0 Å². The summed E-state index contributed by atoms with van der Waals surface area (Å²) in [7, 11) is 0. The average Bonchev–Trinajstić information content (AvgIpc) is 2.46. The summed E-state index contributed by atoms with van der Waals surface area (Å²) < 4.78 is 0. The second-order valence-electron chi connectivity index (χ2n) is 4.39. The van der Waals surface area contributed by atoms with Gasteiger partial charge < -0.3 is 5.73 Å². The van der Waals surface area contributed by atoms with Crippen LogP contribution in [0, 0.1) is 0 Å². The molecule has 0 saturated heterocycles. The molecule has 2 aromatic carbocycles. The zero-order chi connectivity index (χ0) is 13.2. The van der Waals surface area contributed by atoms with Crippen molar-refractivity contribution < 1.29 is 0 Å². The highest BCUT2D eigenvalue weighted by atomic mass is 35.5. The van der Waals surface area contributed by atoms with E-state index < -0.39 is 0 Å². The fourth-order valence-corrected chi connectivity index (χ4v) is 2.35. The fraction of sp³-hybridized carbons (Fsp3) is 0.0625. The minimum atomic E-state index is 0.473. The molecule has 1 heterocycles. The molecule has 0 aliphatic heterocycles. The van der Waals surface area contributed by atoms with Gasteiger partial charge in [-0.1, -0.05) is 41.9 Å². The summed E-state index contributed by atoms with van der Waals surface area (Å²) in [6.45, 7) is 0.473. The third-order valence-corrected chi connectivity index (χ3v) is 3.40. The Hall–Kier alpha value is -1.90. The van der Waals surface area contributed by atoms with Crippen molar-refractivity contribution in [1.82, 2.24) is 4.98 Å². The van der Waals surface area contributed by atoms with Crippen LogP contribution in [0.5, 0.6) is 0 Å². The van der Waals surface area contributed by atoms with Crippen LogP contribution in [0.3, 0.4) is 0 Å². The summed E-state index contributed by atoms with van der Waals surface area (Å²) >= 11 is 6.07. The Morgan fingerprint density at radius 2 is 1.84 bits per heavy atom. The minimum absolute atomic E-state index is 0.473. The molecular formula is C16H13ClN2. The second-order valence-corrected chi connectivity index (χ2v) is 4.83. The number of para-hydroxylation sites is 1. The van der Waals surface area contributed by atoms with Crippen LogP contribution < -0.4 is 5.73 Å². The number of aromatic nitrogens is 1. The van der Waals surface area contributed by atoms with Crippen molar-refractivity contribution in [2.24, 2.45) is 5.73 Å². The first-order chi connectivity index (χ1) is 9.28. The Kier molecular flexibility index (Phi) is 3.20. The van der Waals surface area contributed by atoms with Gasteiger partial charge in [-0.05, 0) is 29.8 Å². The van der Waals surface area contributed by atoms with Gasteiger partial charge in [0.25, 0.3) is 0 Å². The number of halogens is 1. The highest BCUT2D eigenvalue weighted by molar-refractivity contribution is 6.30. The molecule has 3 aromatic rings. The molecule has 3 rings (SSSR count). The Labute approximate surface area is 116 Å². The van der Waals surface area contributed by atoms with Crippen LogP contribution in [0.15, 0.2) is 54.6 Å². The molecule has 0 fully saturated rings. The summed E-state index contributed by atoms with van der Waals surface area (Å²) in [5.41, 5.74) is 9.71. The number of nitrogens with two attached hydrogens (primary N) is 1. The van der Waals surface area contributed by atoms with E-state index >= 15 is 0 Å². The third kappa shape index (κ3) is 2.33. The van der Waals surface area contributed by atoms with Crippen molar-refractivity contribution in [2.75, 3.05) is 0 Å². The standard InChI is InChI=1S/C16H13ClN2/c17-13-7-5-12(10-18)14(9-13)16-8-6-11-3-1-2-4-15(11)19-16/h1-9H,10,18H2. The summed E-state index contributed by atoms with van der Waals surface area (Å²) in [6.07, 6.45) is 0. The van der Waals surface area contributed by atoms with Gasteiger partial charge in [0.05, 0.1) is 11.2 Å². The van der Waals surface area contributed by atoms with Crippen LogP contribution in [0.25, 0.3) is 22.2 Å². The number of pyridine rings is 1. The largest absolute Gasteiger partial charge is 0.326 e. The topological polar surface area (TPSA) is 38.9 Å². The predicted octanol–water partition coefficient (Wildman–Crippen LogP) is 4.01. The summed E-state index contributed by atoms with van der Waals surface area (Å²) in [5, 5.41) is 1.82. The molecule has 94 valence electrons. The number of hydrogen-bond acceptors (Lipinski definition) is 2. The van der Waals surface area contributed by atoms with Gasteiger partial charge in [0.2, 0.25) is 0 Å². The fourth-order valence-electron chi connectivity index (χ4n) is 2.18. The van der Waals surface area contributed by atoms with Crippen molar-refractivity contribution in [1.29, 1.82) is 0 Å². The summed E-state index contributed by atoms with van der Waals surface area (Å²) in [4.78, 5) is 4.68. The molecule has 19 heavy (non-hydrogen) atoms. The lowest BCUT2D eigenvalue weighted by Gasteiger charge is -2.09. The van der Waals surface area contributed by atoms with E-state index in [1.165, 1.54) is 0 Å². The van der Waals surface area contributed by atoms with E-state index in [2.05, 4.69) is 11.1 Å². The average molecular weight is 269 g/mol. The van der Waals surface area contributed by atoms with Gasteiger partial charge in [-0.2, -0.15) is 0 Å². The minimum Gasteiger partial charge on any atom is -0.326 e. The van der Waals surface area contributed by atoms with E-state index in [4.69, 9.17) is 17.3 Å². The van der Waals surface area contributed by atoms with Crippen molar-refractivity contribution >= 4 is 22.5 Å². The Balaban J connectivity index is 2.21. The van der Waals surface area contributed by atoms with Crippen molar-refractivity contribution in [2.45, 2.75) is 6.54 Å².